The van der Waals surface area contributed by atoms with Gasteiger partial charge in [-0.05, 0) is 49.1 Å². The van der Waals surface area contributed by atoms with Crippen molar-refractivity contribution in [3.8, 4) is 10.6 Å². The fourth-order valence-electron chi connectivity index (χ4n) is 1.23. The Morgan fingerprint density at radius 3 is 2.57 bits per heavy atom. The minimum atomic E-state index is 0.296. The molecule has 0 aliphatic heterocycles. The molecule has 0 aliphatic carbocycles. The van der Waals surface area contributed by atoms with E-state index in [1.165, 1.54) is 11.5 Å². The van der Waals surface area contributed by atoms with Crippen LogP contribution in [0.1, 0.15) is 11.4 Å². The number of rotatable bonds is 1. The van der Waals surface area contributed by atoms with Crippen LogP contribution in [0.3, 0.4) is 0 Å². The van der Waals surface area contributed by atoms with E-state index in [0.29, 0.717) is 5.28 Å². The molecule has 3 nitrogen and oxygen atoms in total. The fraction of sp³-hybridized carbons (Fsp3) is 0.222. The summed E-state index contributed by atoms with van der Waals surface area (Å²) in [6.45, 7) is 3.92. The summed E-state index contributed by atoms with van der Waals surface area (Å²) in [6.07, 6.45) is 0. The number of halogens is 1. The zero-order chi connectivity index (χ0) is 10.1. The van der Waals surface area contributed by atoms with E-state index < -0.39 is 0 Å². The van der Waals surface area contributed by atoms with E-state index in [1.54, 1.807) is 0 Å². The van der Waals surface area contributed by atoms with Crippen LogP contribution in [0.5, 0.6) is 0 Å². The Labute approximate surface area is 91.0 Å². The highest BCUT2D eigenvalue weighted by Gasteiger charge is 2.08. The lowest BCUT2D eigenvalue weighted by atomic mass is 10.2. The molecular formula is C9H8ClN3S. The molecule has 5 heteroatoms. The van der Waals surface area contributed by atoms with Crippen molar-refractivity contribution in [3.63, 3.8) is 0 Å². The summed E-state index contributed by atoms with van der Waals surface area (Å²) in [4.78, 5) is 8.46. The van der Waals surface area contributed by atoms with Crippen molar-refractivity contribution >= 4 is 23.1 Å². The smallest absolute Gasteiger partial charge is 0.234 e. The van der Waals surface area contributed by atoms with Crippen molar-refractivity contribution in [2.45, 2.75) is 13.8 Å². The first kappa shape index (κ1) is 9.55. The van der Waals surface area contributed by atoms with E-state index in [1.807, 2.05) is 26.0 Å². The van der Waals surface area contributed by atoms with Crippen LogP contribution >= 0.6 is 23.1 Å². The van der Waals surface area contributed by atoms with E-state index in [4.69, 9.17) is 11.6 Å². The van der Waals surface area contributed by atoms with E-state index in [2.05, 4.69) is 14.3 Å². The molecule has 0 atom stereocenters. The quantitative estimate of drug-likeness (QED) is 0.749. The van der Waals surface area contributed by atoms with Crippen LogP contribution in [0.4, 0.5) is 0 Å². The van der Waals surface area contributed by atoms with Crippen molar-refractivity contribution in [2.75, 3.05) is 0 Å². The van der Waals surface area contributed by atoms with Gasteiger partial charge in [0.25, 0.3) is 0 Å². The Hall–Kier alpha value is -1.00. The first-order valence-electron chi connectivity index (χ1n) is 4.10. The predicted molar refractivity (Wildman–Crippen MR) is 57.6 cm³/mol. The molecule has 0 N–H and O–H groups in total. The minimum absolute atomic E-state index is 0.296. The molecule has 72 valence electrons. The highest BCUT2D eigenvalue weighted by atomic mass is 35.5. The van der Waals surface area contributed by atoms with E-state index in [0.717, 1.165) is 22.0 Å². The summed E-state index contributed by atoms with van der Waals surface area (Å²) < 4.78 is 3.92. The SMILES string of the molecule is Cc1ccc(-c2nc(Cl)ns2)c(C)n1. The van der Waals surface area contributed by atoms with Gasteiger partial charge in [0, 0.05) is 17.0 Å². The van der Waals surface area contributed by atoms with Crippen LogP contribution in [-0.4, -0.2) is 14.3 Å². The van der Waals surface area contributed by atoms with Gasteiger partial charge in [-0.25, -0.2) is 4.98 Å². The maximum absolute atomic E-state index is 5.66. The van der Waals surface area contributed by atoms with Gasteiger partial charge in [0.15, 0.2) is 0 Å². The second-order valence-electron chi connectivity index (χ2n) is 2.95. The summed E-state index contributed by atoms with van der Waals surface area (Å²) in [5.41, 5.74) is 2.96. The Morgan fingerprint density at radius 1 is 1.21 bits per heavy atom. The maximum Gasteiger partial charge on any atom is 0.234 e. The molecule has 0 bridgehead atoms. The van der Waals surface area contributed by atoms with E-state index >= 15 is 0 Å². The zero-order valence-corrected chi connectivity index (χ0v) is 9.35. The predicted octanol–water partition coefficient (Wildman–Crippen LogP) is 2.87. The average Bonchev–Trinajstić information content (AvgIpc) is 2.51. The van der Waals surface area contributed by atoms with Crippen molar-refractivity contribution < 1.29 is 0 Å². The lowest BCUT2D eigenvalue weighted by molar-refractivity contribution is 1.12. The van der Waals surface area contributed by atoms with Gasteiger partial charge in [0.2, 0.25) is 5.28 Å². The highest BCUT2D eigenvalue weighted by molar-refractivity contribution is 7.09. The van der Waals surface area contributed by atoms with E-state index in [-0.39, 0.29) is 0 Å². The van der Waals surface area contributed by atoms with Gasteiger partial charge in [-0.2, -0.15) is 4.37 Å². The van der Waals surface area contributed by atoms with Gasteiger partial charge in [0.05, 0.1) is 0 Å². The summed E-state index contributed by atoms with van der Waals surface area (Å²) in [6, 6.07) is 3.95. The first-order chi connectivity index (χ1) is 6.66. The monoisotopic (exact) mass is 225 g/mol. The van der Waals surface area contributed by atoms with Crippen LogP contribution < -0.4 is 0 Å². The molecule has 2 heterocycles. The molecule has 0 amide bonds. The van der Waals surface area contributed by atoms with Crippen molar-refractivity contribution in [2.24, 2.45) is 0 Å². The molecule has 2 aromatic rings. The molecular weight excluding hydrogens is 218 g/mol. The Bertz CT molecular complexity index is 467. The van der Waals surface area contributed by atoms with E-state index in [9.17, 15) is 0 Å². The summed E-state index contributed by atoms with van der Waals surface area (Å²) >= 11 is 6.95. The number of aromatic nitrogens is 3. The normalized spacial score (nSPS) is 10.5. The average molecular weight is 226 g/mol. The van der Waals surface area contributed by atoms with Gasteiger partial charge in [0.1, 0.15) is 5.01 Å². The van der Waals surface area contributed by atoms with Crippen LogP contribution in [0.25, 0.3) is 10.6 Å². The van der Waals surface area contributed by atoms with Crippen molar-refractivity contribution in [1.82, 2.24) is 14.3 Å². The van der Waals surface area contributed by atoms with Crippen molar-refractivity contribution in [3.05, 3.63) is 28.8 Å². The molecule has 0 radical (unpaired) electrons. The molecule has 0 aliphatic rings. The lowest BCUT2D eigenvalue weighted by Crippen LogP contribution is -1.89. The van der Waals surface area contributed by atoms with Gasteiger partial charge in [-0.15, -0.1) is 0 Å². The summed E-state index contributed by atoms with van der Waals surface area (Å²) in [5.74, 6) is 0. The zero-order valence-electron chi connectivity index (χ0n) is 7.78. The van der Waals surface area contributed by atoms with Gasteiger partial charge < -0.3 is 0 Å². The topological polar surface area (TPSA) is 38.7 Å². The number of aryl methyl sites for hydroxylation is 2. The molecule has 0 fully saturated rings. The molecule has 14 heavy (non-hydrogen) atoms. The highest BCUT2D eigenvalue weighted by Crippen LogP contribution is 2.25. The molecule has 0 saturated heterocycles. The molecule has 2 aromatic heterocycles. The first-order valence-corrected chi connectivity index (χ1v) is 5.26. The Balaban J connectivity index is 2.52. The second-order valence-corrected chi connectivity index (χ2v) is 4.04. The van der Waals surface area contributed by atoms with Crippen LogP contribution in [0.15, 0.2) is 12.1 Å². The van der Waals surface area contributed by atoms with Gasteiger partial charge >= 0.3 is 0 Å². The van der Waals surface area contributed by atoms with Crippen LogP contribution in [0, 0.1) is 13.8 Å². The Kier molecular flexibility index (Phi) is 2.48. The summed E-state index contributed by atoms with van der Waals surface area (Å²) in [7, 11) is 0. The fourth-order valence-corrected chi connectivity index (χ4v) is 2.11. The van der Waals surface area contributed by atoms with Crippen LogP contribution in [-0.2, 0) is 0 Å². The lowest BCUT2D eigenvalue weighted by Gasteiger charge is -2.00. The van der Waals surface area contributed by atoms with Crippen LogP contribution in [0.2, 0.25) is 5.28 Å². The molecule has 2 rings (SSSR count). The maximum atomic E-state index is 5.66. The van der Waals surface area contributed by atoms with Crippen molar-refractivity contribution in [1.29, 1.82) is 0 Å². The molecule has 0 saturated carbocycles. The third-order valence-electron chi connectivity index (χ3n) is 1.86. The second kappa shape index (κ2) is 3.63. The third kappa shape index (κ3) is 1.76. The number of hydrogen-bond acceptors (Lipinski definition) is 4. The van der Waals surface area contributed by atoms with Gasteiger partial charge in [-0.1, -0.05) is 0 Å². The van der Waals surface area contributed by atoms with Gasteiger partial charge in [-0.3, -0.25) is 4.98 Å². The molecule has 0 aromatic carbocycles. The number of hydrogen-bond donors (Lipinski definition) is 0. The standard InChI is InChI=1S/C9H8ClN3S/c1-5-3-4-7(6(2)11-5)8-12-9(10)13-14-8/h3-4H,1-2H3. The molecule has 0 spiro atoms. The largest absolute Gasteiger partial charge is 0.258 e. The number of nitrogens with zero attached hydrogens (tertiary/aromatic N) is 3. The number of pyridine rings is 1. The Morgan fingerprint density at radius 2 is 2.00 bits per heavy atom. The molecule has 0 unspecified atom stereocenters. The minimum Gasteiger partial charge on any atom is -0.258 e. The third-order valence-corrected chi connectivity index (χ3v) is 2.87. The summed E-state index contributed by atoms with van der Waals surface area (Å²) in [5, 5.41) is 1.12.